The fourth-order valence-corrected chi connectivity index (χ4v) is 7.32. The predicted octanol–water partition coefficient (Wildman–Crippen LogP) is 10.4. The SMILES string of the molecule is c1ccc(-n2c(-n3c4ccccc4c4cc5c(ccc6c5c5ccccc5n6-c5ccccc5)cc43)nc3ccccc32)cc1. The largest absolute Gasteiger partial charge is 0.309 e. The molecule has 3 heterocycles. The quantitative estimate of drug-likeness (QED) is 0.206. The summed E-state index contributed by atoms with van der Waals surface area (Å²) in [6.45, 7) is 0. The number of aromatic nitrogens is 4. The molecule has 0 saturated heterocycles. The maximum Gasteiger partial charge on any atom is 0.220 e. The lowest BCUT2D eigenvalue weighted by atomic mass is 10.0. The van der Waals surface area contributed by atoms with Crippen LogP contribution in [-0.2, 0) is 0 Å². The molecule has 7 aromatic carbocycles. The zero-order valence-corrected chi connectivity index (χ0v) is 24.3. The van der Waals surface area contributed by atoms with E-state index in [1.54, 1.807) is 0 Å². The summed E-state index contributed by atoms with van der Waals surface area (Å²) in [6.07, 6.45) is 0. The number of para-hydroxylation sites is 6. The second kappa shape index (κ2) is 9.18. The van der Waals surface area contributed by atoms with Crippen LogP contribution in [0.25, 0.3) is 82.7 Å². The van der Waals surface area contributed by atoms with Crippen LogP contribution in [0.3, 0.4) is 0 Å². The molecular formula is C41H26N4. The molecule has 0 saturated carbocycles. The summed E-state index contributed by atoms with van der Waals surface area (Å²) in [5, 5.41) is 7.43. The van der Waals surface area contributed by atoms with E-state index in [9.17, 15) is 0 Å². The number of hydrogen-bond donors (Lipinski definition) is 0. The van der Waals surface area contributed by atoms with Gasteiger partial charge < -0.3 is 4.57 Å². The van der Waals surface area contributed by atoms with Crippen molar-refractivity contribution in [3.05, 3.63) is 158 Å². The minimum absolute atomic E-state index is 0.884. The van der Waals surface area contributed by atoms with Crippen LogP contribution in [0.2, 0.25) is 0 Å². The molecule has 3 aromatic heterocycles. The van der Waals surface area contributed by atoms with Crippen molar-refractivity contribution in [1.29, 1.82) is 0 Å². The first-order chi connectivity index (χ1) is 22.3. The average Bonchev–Trinajstić information content (AvgIpc) is 3.75. The fraction of sp³-hybridized carbons (Fsp3) is 0. The van der Waals surface area contributed by atoms with E-state index in [1.807, 2.05) is 0 Å². The van der Waals surface area contributed by atoms with Crippen LogP contribution in [0.1, 0.15) is 0 Å². The highest BCUT2D eigenvalue weighted by atomic mass is 15.2. The van der Waals surface area contributed by atoms with Gasteiger partial charge in [0.1, 0.15) is 0 Å². The lowest BCUT2D eigenvalue weighted by molar-refractivity contribution is 0.956. The molecule has 0 N–H and O–H groups in total. The van der Waals surface area contributed by atoms with Gasteiger partial charge in [-0.1, -0.05) is 91.0 Å². The molecular weight excluding hydrogens is 548 g/mol. The maximum atomic E-state index is 5.26. The molecule has 4 heteroatoms. The molecule has 0 aliphatic carbocycles. The topological polar surface area (TPSA) is 27.7 Å². The van der Waals surface area contributed by atoms with E-state index in [1.165, 1.54) is 49.0 Å². The van der Waals surface area contributed by atoms with Crippen LogP contribution in [-0.4, -0.2) is 18.7 Å². The van der Waals surface area contributed by atoms with Crippen molar-refractivity contribution in [1.82, 2.24) is 18.7 Å². The second-order valence-electron chi connectivity index (χ2n) is 11.7. The Balaban J connectivity index is 1.35. The van der Waals surface area contributed by atoms with Gasteiger partial charge in [-0.05, 0) is 77.5 Å². The summed E-state index contributed by atoms with van der Waals surface area (Å²) in [6, 6.07) is 56.4. The Morgan fingerprint density at radius 1 is 0.356 bits per heavy atom. The summed E-state index contributed by atoms with van der Waals surface area (Å²) in [4.78, 5) is 5.26. The first-order valence-electron chi connectivity index (χ1n) is 15.3. The Morgan fingerprint density at radius 2 is 0.956 bits per heavy atom. The number of imidazole rings is 1. The first kappa shape index (κ1) is 24.3. The number of rotatable bonds is 3. The van der Waals surface area contributed by atoms with Gasteiger partial charge in [0.15, 0.2) is 0 Å². The Kier molecular flexibility index (Phi) is 4.96. The van der Waals surface area contributed by atoms with E-state index in [2.05, 4.69) is 171 Å². The van der Waals surface area contributed by atoms with Crippen molar-refractivity contribution >= 4 is 65.4 Å². The number of hydrogen-bond acceptors (Lipinski definition) is 1. The van der Waals surface area contributed by atoms with Crippen LogP contribution in [0.4, 0.5) is 0 Å². The molecule has 0 amide bonds. The molecule has 0 fully saturated rings. The van der Waals surface area contributed by atoms with Gasteiger partial charge in [0, 0.05) is 32.9 Å². The minimum atomic E-state index is 0.884. The highest BCUT2D eigenvalue weighted by Gasteiger charge is 2.21. The third-order valence-corrected chi connectivity index (χ3v) is 9.22. The zero-order valence-electron chi connectivity index (χ0n) is 24.3. The van der Waals surface area contributed by atoms with Crippen molar-refractivity contribution in [2.24, 2.45) is 0 Å². The number of fused-ring (bicyclic) bond motifs is 9. The third-order valence-electron chi connectivity index (χ3n) is 9.22. The Bertz CT molecular complexity index is 2750. The molecule has 0 aliphatic rings. The Labute approximate surface area is 258 Å². The van der Waals surface area contributed by atoms with Gasteiger partial charge in [-0.15, -0.1) is 0 Å². The Morgan fingerprint density at radius 3 is 1.71 bits per heavy atom. The molecule has 0 aliphatic heterocycles. The summed E-state index contributed by atoms with van der Waals surface area (Å²) < 4.78 is 7.01. The van der Waals surface area contributed by atoms with Crippen LogP contribution >= 0.6 is 0 Å². The molecule has 210 valence electrons. The number of nitrogens with zero attached hydrogens (tertiary/aromatic N) is 4. The van der Waals surface area contributed by atoms with Crippen molar-refractivity contribution in [2.75, 3.05) is 0 Å². The van der Waals surface area contributed by atoms with E-state index < -0.39 is 0 Å². The fourth-order valence-electron chi connectivity index (χ4n) is 7.32. The lowest BCUT2D eigenvalue weighted by Gasteiger charge is -2.12. The normalized spacial score (nSPS) is 12.0. The van der Waals surface area contributed by atoms with Crippen molar-refractivity contribution in [3.8, 4) is 17.3 Å². The van der Waals surface area contributed by atoms with Crippen molar-refractivity contribution in [3.63, 3.8) is 0 Å². The molecule has 0 spiro atoms. The number of benzene rings is 7. The van der Waals surface area contributed by atoms with Gasteiger partial charge in [0.25, 0.3) is 0 Å². The smallest absolute Gasteiger partial charge is 0.220 e. The molecule has 0 atom stereocenters. The third kappa shape index (κ3) is 3.39. The summed E-state index contributed by atoms with van der Waals surface area (Å²) in [7, 11) is 0. The van der Waals surface area contributed by atoms with Crippen LogP contribution < -0.4 is 0 Å². The van der Waals surface area contributed by atoms with E-state index in [0.717, 1.165) is 33.7 Å². The van der Waals surface area contributed by atoms with Crippen LogP contribution in [0.15, 0.2) is 158 Å². The highest BCUT2D eigenvalue weighted by Crippen LogP contribution is 2.41. The Hall–Kier alpha value is -6.13. The zero-order chi connectivity index (χ0) is 29.5. The van der Waals surface area contributed by atoms with E-state index >= 15 is 0 Å². The molecule has 0 bridgehead atoms. The molecule has 10 aromatic rings. The highest BCUT2D eigenvalue weighted by molar-refractivity contribution is 6.25. The van der Waals surface area contributed by atoms with Gasteiger partial charge in [-0.3, -0.25) is 9.13 Å². The van der Waals surface area contributed by atoms with Gasteiger partial charge in [0.05, 0.1) is 33.1 Å². The minimum Gasteiger partial charge on any atom is -0.309 e. The van der Waals surface area contributed by atoms with E-state index in [0.29, 0.717) is 0 Å². The van der Waals surface area contributed by atoms with Gasteiger partial charge in [-0.25, -0.2) is 4.98 Å². The molecule has 0 unspecified atom stereocenters. The summed E-state index contributed by atoms with van der Waals surface area (Å²) >= 11 is 0. The van der Waals surface area contributed by atoms with Gasteiger partial charge in [-0.2, -0.15) is 0 Å². The standard InChI is InChI=1S/C41H26N4/c1-3-13-28(14-4-1)43-36-21-11-8-18-31(36)40-32-26-33-30-17-7-10-20-35(30)45(39(33)25-27(32)23-24-38(40)43)41-42-34-19-9-12-22-37(34)44(41)29-15-5-2-6-16-29/h1-26H. The first-order valence-corrected chi connectivity index (χ1v) is 15.3. The summed E-state index contributed by atoms with van der Waals surface area (Å²) in [5.74, 6) is 0.884. The second-order valence-corrected chi connectivity index (χ2v) is 11.7. The molecule has 45 heavy (non-hydrogen) atoms. The lowest BCUT2D eigenvalue weighted by Crippen LogP contribution is -2.05. The molecule has 0 radical (unpaired) electrons. The monoisotopic (exact) mass is 574 g/mol. The van der Waals surface area contributed by atoms with Crippen LogP contribution in [0.5, 0.6) is 0 Å². The predicted molar refractivity (Wildman–Crippen MR) is 187 cm³/mol. The van der Waals surface area contributed by atoms with Gasteiger partial charge in [0.2, 0.25) is 5.95 Å². The maximum absolute atomic E-state index is 5.26. The van der Waals surface area contributed by atoms with Crippen molar-refractivity contribution < 1.29 is 0 Å². The van der Waals surface area contributed by atoms with E-state index in [-0.39, 0.29) is 0 Å². The molecule has 10 rings (SSSR count). The van der Waals surface area contributed by atoms with Crippen molar-refractivity contribution in [2.45, 2.75) is 0 Å². The molecule has 4 nitrogen and oxygen atoms in total. The summed E-state index contributed by atoms with van der Waals surface area (Å²) in [5.41, 5.74) is 9.01. The van der Waals surface area contributed by atoms with Gasteiger partial charge >= 0.3 is 0 Å². The average molecular weight is 575 g/mol. The van der Waals surface area contributed by atoms with Crippen LogP contribution in [0, 0.1) is 0 Å². The van der Waals surface area contributed by atoms with E-state index in [4.69, 9.17) is 4.98 Å².